The number of rotatable bonds is 21. The number of allylic oxidation sites excluding steroid dienone is 2. The molecular weight excluding hydrogens is 362 g/mol. The Balaban J connectivity index is 3.74. The second kappa shape index (κ2) is 21.8. The lowest BCUT2D eigenvalue weighted by molar-refractivity contribution is -0.123. The lowest BCUT2D eigenvalue weighted by Crippen LogP contribution is -2.45. The molecule has 1 amide bonds. The second-order valence-electron chi connectivity index (χ2n) is 8.40. The second-order valence-corrected chi connectivity index (χ2v) is 8.40. The Morgan fingerprint density at radius 2 is 1.31 bits per heavy atom. The van der Waals surface area contributed by atoms with Gasteiger partial charge in [-0.25, -0.2) is 0 Å². The molecule has 4 nitrogen and oxygen atoms in total. The quantitative estimate of drug-likeness (QED) is 0.159. The third-order valence-corrected chi connectivity index (χ3v) is 5.53. The highest BCUT2D eigenvalue weighted by atomic mass is 16.3. The van der Waals surface area contributed by atoms with Crippen molar-refractivity contribution >= 4 is 5.91 Å². The SMILES string of the molecule is CCCCCC/C=C/CCCC[C@@H](O)[C@H](CO)NC(=O)CCCCCCCCC. The molecule has 4 heteroatoms. The normalized spacial score (nSPS) is 13.7. The van der Waals surface area contributed by atoms with Gasteiger partial charge in [-0.1, -0.05) is 90.2 Å². The topological polar surface area (TPSA) is 69.6 Å². The van der Waals surface area contributed by atoms with Gasteiger partial charge in [-0.15, -0.1) is 0 Å². The van der Waals surface area contributed by atoms with Gasteiger partial charge in [-0.3, -0.25) is 4.79 Å². The third kappa shape index (κ3) is 18.9. The standard InChI is InChI=1S/C25H49NO3/c1-3-5-7-9-11-12-13-15-16-18-20-24(28)23(22-27)26-25(29)21-19-17-14-10-8-6-4-2/h12-13,23-24,27-28H,3-11,14-22H2,1-2H3,(H,26,29)/b13-12+/t23-,24+/m0/s1. The van der Waals surface area contributed by atoms with Crippen LogP contribution in [0.1, 0.15) is 123 Å². The molecule has 0 rings (SSSR count). The lowest BCUT2D eigenvalue weighted by Gasteiger charge is -2.22. The van der Waals surface area contributed by atoms with Gasteiger partial charge < -0.3 is 15.5 Å². The Morgan fingerprint density at radius 1 is 0.793 bits per heavy atom. The van der Waals surface area contributed by atoms with Gasteiger partial charge in [-0.05, 0) is 38.5 Å². The van der Waals surface area contributed by atoms with Gasteiger partial charge in [0.05, 0.1) is 18.8 Å². The maximum atomic E-state index is 12.1. The highest BCUT2D eigenvalue weighted by Crippen LogP contribution is 2.11. The molecule has 0 fully saturated rings. The smallest absolute Gasteiger partial charge is 0.220 e. The van der Waals surface area contributed by atoms with Gasteiger partial charge in [0.2, 0.25) is 5.91 Å². The summed E-state index contributed by atoms with van der Waals surface area (Å²) < 4.78 is 0. The minimum atomic E-state index is -0.670. The summed E-state index contributed by atoms with van der Waals surface area (Å²) in [6.45, 7) is 4.24. The molecule has 0 saturated carbocycles. The molecule has 0 unspecified atom stereocenters. The van der Waals surface area contributed by atoms with E-state index in [-0.39, 0.29) is 12.5 Å². The van der Waals surface area contributed by atoms with Gasteiger partial charge in [-0.2, -0.15) is 0 Å². The van der Waals surface area contributed by atoms with Crippen molar-refractivity contribution < 1.29 is 15.0 Å². The van der Waals surface area contributed by atoms with E-state index in [2.05, 4.69) is 31.3 Å². The van der Waals surface area contributed by atoms with Crippen LogP contribution in [0.2, 0.25) is 0 Å². The van der Waals surface area contributed by atoms with Crippen LogP contribution in [0.15, 0.2) is 12.2 Å². The Morgan fingerprint density at radius 3 is 1.90 bits per heavy atom. The fourth-order valence-electron chi connectivity index (χ4n) is 3.53. The van der Waals surface area contributed by atoms with E-state index >= 15 is 0 Å². The number of hydrogen-bond acceptors (Lipinski definition) is 3. The minimum absolute atomic E-state index is 0.0531. The first-order valence-electron chi connectivity index (χ1n) is 12.4. The molecule has 0 spiro atoms. The van der Waals surface area contributed by atoms with Crippen LogP contribution in [0.5, 0.6) is 0 Å². The summed E-state index contributed by atoms with van der Waals surface area (Å²) in [6, 6.07) is -0.541. The predicted molar refractivity (Wildman–Crippen MR) is 124 cm³/mol. The maximum absolute atomic E-state index is 12.1. The molecular formula is C25H49NO3. The fraction of sp³-hybridized carbons (Fsp3) is 0.880. The summed E-state index contributed by atoms with van der Waals surface area (Å²) in [5.41, 5.74) is 0. The first-order chi connectivity index (χ1) is 14.2. The largest absolute Gasteiger partial charge is 0.394 e. The number of hydrogen-bond donors (Lipinski definition) is 3. The van der Waals surface area contributed by atoms with Crippen molar-refractivity contribution in [3.63, 3.8) is 0 Å². The van der Waals surface area contributed by atoms with Crippen molar-refractivity contribution in [3.8, 4) is 0 Å². The van der Waals surface area contributed by atoms with E-state index < -0.39 is 12.1 Å². The number of carbonyl (C=O) groups excluding carboxylic acids is 1. The first kappa shape index (κ1) is 28.1. The van der Waals surface area contributed by atoms with E-state index in [4.69, 9.17) is 0 Å². The Hall–Kier alpha value is -0.870. The van der Waals surface area contributed by atoms with Crippen LogP contribution in [0.3, 0.4) is 0 Å². The van der Waals surface area contributed by atoms with E-state index in [1.54, 1.807) is 0 Å². The van der Waals surface area contributed by atoms with Crippen LogP contribution in [0.4, 0.5) is 0 Å². The van der Waals surface area contributed by atoms with Gasteiger partial charge >= 0.3 is 0 Å². The van der Waals surface area contributed by atoms with Crippen LogP contribution in [0, 0.1) is 0 Å². The number of unbranched alkanes of at least 4 members (excludes halogenated alkanes) is 12. The molecule has 0 saturated heterocycles. The lowest BCUT2D eigenvalue weighted by atomic mass is 10.0. The number of carbonyl (C=O) groups is 1. The summed E-state index contributed by atoms with van der Waals surface area (Å²) in [5, 5.41) is 22.6. The zero-order valence-electron chi connectivity index (χ0n) is 19.3. The van der Waals surface area contributed by atoms with Crippen LogP contribution < -0.4 is 5.32 Å². The summed E-state index contributed by atoms with van der Waals surface area (Å²) in [4.78, 5) is 12.1. The minimum Gasteiger partial charge on any atom is -0.394 e. The molecule has 0 aromatic heterocycles. The molecule has 0 aromatic carbocycles. The summed E-state index contributed by atoms with van der Waals surface area (Å²) in [7, 11) is 0. The van der Waals surface area contributed by atoms with Gasteiger partial charge in [0.15, 0.2) is 0 Å². The number of amides is 1. The van der Waals surface area contributed by atoms with Crippen molar-refractivity contribution in [2.24, 2.45) is 0 Å². The van der Waals surface area contributed by atoms with Crippen molar-refractivity contribution in [2.75, 3.05) is 6.61 Å². The average Bonchev–Trinajstić information content (AvgIpc) is 2.72. The van der Waals surface area contributed by atoms with Crippen molar-refractivity contribution in [1.29, 1.82) is 0 Å². The molecule has 0 aliphatic rings. The zero-order valence-corrected chi connectivity index (χ0v) is 19.3. The molecule has 0 radical (unpaired) electrons. The molecule has 0 bridgehead atoms. The number of aliphatic hydroxyl groups is 2. The first-order valence-corrected chi connectivity index (χ1v) is 12.4. The van der Waals surface area contributed by atoms with E-state index in [1.165, 1.54) is 64.2 Å². The van der Waals surface area contributed by atoms with Crippen molar-refractivity contribution in [1.82, 2.24) is 5.32 Å². The molecule has 0 aliphatic heterocycles. The van der Waals surface area contributed by atoms with Gasteiger partial charge in [0.1, 0.15) is 0 Å². The molecule has 3 N–H and O–H groups in total. The zero-order chi connectivity index (χ0) is 21.6. The highest BCUT2D eigenvalue weighted by molar-refractivity contribution is 5.76. The Labute approximate surface area is 180 Å². The molecule has 29 heavy (non-hydrogen) atoms. The average molecular weight is 412 g/mol. The molecule has 2 atom stereocenters. The van der Waals surface area contributed by atoms with E-state index in [0.29, 0.717) is 12.8 Å². The third-order valence-electron chi connectivity index (χ3n) is 5.53. The molecule has 0 aromatic rings. The van der Waals surface area contributed by atoms with Crippen molar-refractivity contribution in [2.45, 2.75) is 135 Å². The van der Waals surface area contributed by atoms with E-state index in [9.17, 15) is 15.0 Å². The maximum Gasteiger partial charge on any atom is 0.220 e. The Kier molecular flexibility index (Phi) is 21.2. The monoisotopic (exact) mass is 411 g/mol. The summed E-state index contributed by atoms with van der Waals surface area (Å²) in [6.07, 6.45) is 22.5. The summed E-state index contributed by atoms with van der Waals surface area (Å²) >= 11 is 0. The number of nitrogens with one attached hydrogen (secondary N) is 1. The predicted octanol–water partition coefficient (Wildman–Crippen LogP) is 6.05. The molecule has 172 valence electrons. The van der Waals surface area contributed by atoms with E-state index in [1.807, 2.05) is 0 Å². The van der Waals surface area contributed by atoms with Crippen LogP contribution in [-0.4, -0.2) is 34.9 Å². The number of aliphatic hydroxyl groups excluding tert-OH is 2. The van der Waals surface area contributed by atoms with Crippen molar-refractivity contribution in [3.05, 3.63) is 12.2 Å². The highest BCUT2D eigenvalue weighted by Gasteiger charge is 2.19. The molecule has 0 heterocycles. The van der Waals surface area contributed by atoms with Gasteiger partial charge in [0, 0.05) is 6.42 Å². The fourth-order valence-corrected chi connectivity index (χ4v) is 3.53. The van der Waals surface area contributed by atoms with Crippen LogP contribution in [-0.2, 0) is 4.79 Å². The van der Waals surface area contributed by atoms with E-state index in [0.717, 1.165) is 32.1 Å². The molecule has 0 aliphatic carbocycles. The van der Waals surface area contributed by atoms with Gasteiger partial charge in [0.25, 0.3) is 0 Å². The van der Waals surface area contributed by atoms with Crippen LogP contribution in [0.25, 0.3) is 0 Å². The Bertz CT molecular complexity index is 384. The summed E-state index contributed by atoms with van der Waals surface area (Å²) in [5.74, 6) is -0.0531. The van der Waals surface area contributed by atoms with Crippen LogP contribution >= 0.6 is 0 Å².